The molecule has 4 aromatic rings. The number of benzene rings is 2. The Balaban J connectivity index is 1.60. The zero-order chi connectivity index (χ0) is 34.9. The van der Waals surface area contributed by atoms with E-state index in [4.69, 9.17) is 9.47 Å². The second kappa shape index (κ2) is 16.7. The fraction of sp³-hybridized carbons (Fsp3) is 0.441. The van der Waals surface area contributed by atoms with E-state index < -0.39 is 55.6 Å². The molecule has 0 aliphatic heterocycles. The van der Waals surface area contributed by atoms with Gasteiger partial charge in [-0.2, -0.15) is 10.3 Å². The van der Waals surface area contributed by atoms with E-state index in [0.29, 0.717) is 11.1 Å². The van der Waals surface area contributed by atoms with Gasteiger partial charge in [0, 0.05) is 23.2 Å². The number of nitrogens with zero attached hydrogens (tertiary/aromatic N) is 4. The highest BCUT2D eigenvalue weighted by Gasteiger charge is 2.38. The van der Waals surface area contributed by atoms with E-state index in [9.17, 15) is 27.3 Å². The molecule has 2 heterocycles. The largest absolute Gasteiger partial charge is 0.377 e. The van der Waals surface area contributed by atoms with Crippen molar-refractivity contribution in [2.75, 3.05) is 24.7 Å². The molecule has 2 aromatic heterocycles. The first-order valence-electron chi connectivity index (χ1n) is 15.7. The Bertz CT molecular complexity index is 1930. The number of para-hydroxylation sites is 2. The van der Waals surface area contributed by atoms with Crippen LogP contribution in [0.15, 0.2) is 73.1 Å². The molecule has 0 aliphatic rings. The molecule has 0 fully saturated rings. The molecule has 0 aliphatic carbocycles. The van der Waals surface area contributed by atoms with E-state index in [1.165, 1.54) is 12.4 Å². The number of rotatable bonds is 18. The Morgan fingerprint density at radius 2 is 1.35 bits per heavy atom. The molecule has 258 valence electrons. The Labute approximate surface area is 282 Å². The summed E-state index contributed by atoms with van der Waals surface area (Å²) < 4.78 is 66.2. The second-order valence-corrected chi connectivity index (χ2v) is 16.5. The minimum atomic E-state index is -3.88. The second-order valence-electron chi connectivity index (χ2n) is 12.3. The summed E-state index contributed by atoms with van der Waals surface area (Å²) in [5, 5.41) is 26.3. The van der Waals surface area contributed by atoms with Gasteiger partial charge >= 0.3 is 0 Å². The molecule has 0 bridgehead atoms. The maximum Gasteiger partial charge on any atom is 0.156 e. The summed E-state index contributed by atoms with van der Waals surface area (Å²) in [6.45, 7) is 6.54. The fourth-order valence-corrected chi connectivity index (χ4v) is 8.57. The van der Waals surface area contributed by atoms with Gasteiger partial charge < -0.3 is 14.7 Å². The van der Waals surface area contributed by atoms with Crippen LogP contribution >= 0.6 is 0 Å². The third kappa shape index (κ3) is 11.0. The molecule has 0 spiro atoms. The standard InChI is InChI=1S/C34H43N5O7S2/c1-24(2)45-19-30(22-47(41,42)20-26-15-28-9-5-7-11-31(28)37-17-26)39(40)34(46-25(3)4)33(36-14-13-35)23-48(43,44)21-27-16-29-10-6-8-12-32(29)38-18-27/h5-12,15-18,24-25,30,33-34,36,40H,14,19-23H2,1-4H3/t30-,33?,34-/m0/s1. The van der Waals surface area contributed by atoms with Crippen LogP contribution < -0.4 is 5.32 Å². The third-order valence-electron chi connectivity index (χ3n) is 7.40. The van der Waals surface area contributed by atoms with Crippen LogP contribution in [0, 0.1) is 11.3 Å². The van der Waals surface area contributed by atoms with E-state index in [2.05, 4.69) is 15.3 Å². The van der Waals surface area contributed by atoms with Crippen molar-refractivity contribution in [3.8, 4) is 6.07 Å². The van der Waals surface area contributed by atoms with Gasteiger partial charge in [0.15, 0.2) is 19.7 Å². The Hall–Kier alpha value is -3.55. The van der Waals surface area contributed by atoms with Crippen LogP contribution in [0.3, 0.4) is 0 Å². The molecule has 0 amide bonds. The molecule has 48 heavy (non-hydrogen) atoms. The fourth-order valence-electron chi connectivity index (χ4n) is 5.33. The molecular weight excluding hydrogens is 655 g/mol. The van der Waals surface area contributed by atoms with Crippen molar-refractivity contribution in [2.45, 2.75) is 69.7 Å². The van der Waals surface area contributed by atoms with Gasteiger partial charge in [0.25, 0.3) is 0 Å². The number of hydroxylamine groups is 2. The number of pyridine rings is 2. The summed E-state index contributed by atoms with van der Waals surface area (Å²) in [6, 6.07) is 17.9. The minimum absolute atomic E-state index is 0.193. The highest BCUT2D eigenvalue weighted by Crippen LogP contribution is 2.21. The van der Waals surface area contributed by atoms with Crippen molar-refractivity contribution in [2.24, 2.45) is 0 Å². The first-order chi connectivity index (χ1) is 22.7. The first kappa shape index (κ1) is 37.3. The SMILES string of the molecule is CC(C)OC[C@@H](CS(=O)(=O)Cc1cnc2ccccc2c1)N(O)[C@@H](OC(C)C)C(CS(=O)(=O)Cc1cnc2ccccc2c1)NCC#N. The maximum atomic E-state index is 13.6. The van der Waals surface area contributed by atoms with Crippen molar-refractivity contribution in [1.29, 1.82) is 5.26 Å². The molecule has 3 atom stereocenters. The summed E-state index contributed by atoms with van der Waals surface area (Å²) >= 11 is 0. The van der Waals surface area contributed by atoms with Gasteiger partial charge in [0.05, 0.1) is 77.6 Å². The van der Waals surface area contributed by atoms with E-state index in [1.54, 1.807) is 39.8 Å². The summed E-state index contributed by atoms with van der Waals surface area (Å²) in [4.78, 5) is 8.73. The van der Waals surface area contributed by atoms with Gasteiger partial charge in [-0.05, 0) is 63.1 Å². The quantitative estimate of drug-likeness (QED) is 0.0870. The average molecular weight is 698 g/mol. The highest BCUT2D eigenvalue weighted by atomic mass is 32.2. The molecule has 12 nitrogen and oxygen atoms in total. The van der Waals surface area contributed by atoms with Crippen molar-refractivity contribution >= 4 is 41.5 Å². The van der Waals surface area contributed by atoms with Crippen LogP contribution in [0.1, 0.15) is 38.8 Å². The molecule has 0 saturated carbocycles. The summed E-state index contributed by atoms with van der Waals surface area (Å²) in [5.74, 6) is -1.73. The van der Waals surface area contributed by atoms with Crippen LogP contribution in [0.5, 0.6) is 0 Å². The predicted octanol–water partition coefficient (Wildman–Crippen LogP) is 4.03. The van der Waals surface area contributed by atoms with Gasteiger partial charge in [-0.1, -0.05) is 36.4 Å². The molecule has 1 unspecified atom stereocenters. The van der Waals surface area contributed by atoms with Gasteiger partial charge in [0.1, 0.15) is 6.23 Å². The van der Waals surface area contributed by atoms with Crippen LogP contribution in [-0.2, 0) is 40.7 Å². The molecule has 0 radical (unpaired) electrons. The van der Waals surface area contributed by atoms with Gasteiger partial charge in [0.2, 0.25) is 0 Å². The highest BCUT2D eigenvalue weighted by molar-refractivity contribution is 7.90. The summed E-state index contributed by atoms with van der Waals surface area (Å²) in [7, 11) is -7.75. The van der Waals surface area contributed by atoms with Crippen LogP contribution in [0.2, 0.25) is 0 Å². The zero-order valence-electron chi connectivity index (χ0n) is 27.6. The first-order valence-corrected chi connectivity index (χ1v) is 19.3. The van der Waals surface area contributed by atoms with E-state index >= 15 is 0 Å². The van der Waals surface area contributed by atoms with Crippen molar-refractivity contribution in [3.63, 3.8) is 0 Å². The lowest BCUT2D eigenvalue weighted by molar-refractivity contribution is -0.259. The van der Waals surface area contributed by atoms with Gasteiger partial charge in [-0.25, -0.2) is 16.8 Å². The summed E-state index contributed by atoms with van der Waals surface area (Å²) in [6.07, 6.45) is 0.865. The number of nitriles is 1. The number of ether oxygens (including phenoxy) is 2. The lowest BCUT2D eigenvalue weighted by Gasteiger charge is -2.38. The van der Waals surface area contributed by atoms with E-state index in [0.717, 1.165) is 26.9 Å². The Morgan fingerprint density at radius 3 is 1.85 bits per heavy atom. The molecule has 2 aromatic carbocycles. The van der Waals surface area contributed by atoms with Crippen LogP contribution in [0.4, 0.5) is 0 Å². The minimum Gasteiger partial charge on any atom is -0.377 e. The van der Waals surface area contributed by atoms with Crippen LogP contribution in [-0.4, -0.2) is 92.3 Å². The number of hydrogen-bond donors (Lipinski definition) is 2. The molecule has 0 saturated heterocycles. The number of aromatic nitrogens is 2. The zero-order valence-corrected chi connectivity index (χ0v) is 29.2. The van der Waals surface area contributed by atoms with Gasteiger partial charge in [-0.15, -0.1) is 0 Å². The van der Waals surface area contributed by atoms with Crippen LogP contribution in [0.25, 0.3) is 21.8 Å². The maximum absolute atomic E-state index is 13.6. The van der Waals surface area contributed by atoms with Crippen molar-refractivity contribution < 1.29 is 31.5 Å². The molecular formula is C34H43N5O7S2. The number of sulfone groups is 2. The number of fused-ring (bicyclic) bond motifs is 2. The molecule has 14 heteroatoms. The van der Waals surface area contributed by atoms with Crippen molar-refractivity contribution in [1.82, 2.24) is 20.3 Å². The van der Waals surface area contributed by atoms with Crippen molar-refractivity contribution in [3.05, 3.63) is 84.2 Å². The molecule has 4 rings (SSSR count). The monoisotopic (exact) mass is 697 g/mol. The molecule has 2 N–H and O–H groups in total. The Kier molecular flexibility index (Phi) is 13.0. The normalized spacial score (nSPS) is 14.5. The van der Waals surface area contributed by atoms with E-state index in [1.807, 2.05) is 54.6 Å². The lowest BCUT2D eigenvalue weighted by Crippen LogP contribution is -2.59. The third-order valence-corrected chi connectivity index (χ3v) is 10.7. The lowest BCUT2D eigenvalue weighted by atomic mass is 10.2. The van der Waals surface area contributed by atoms with Gasteiger partial charge in [-0.3, -0.25) is 15.3 Å². The average Bonchev–Trinajstić information content (AvgIpc) is 3.03. The summed E-state index contributed by atoms with van der Waals surface area (Å²) in [5.41, 5.74) is 2.43. The smallest absolute Gasteiger partial charge is 0.156 e. The van der Waals surface area contributed by atoms with E-state index in [-0.39, 0.29) is 30.8 Å². The number of hydrogen-bond acceptors (Lipinski definition) is 12. The topological polar surface area (TPSA) is 172 Å². The number of nitrogens with one attached hydrogen (secondary N) is 1. The Morgan fingerprint density at radius 1 is 0.833 bits per heavy atom. The predicted molar refractivity (Wildman–Crippen MR) is 184 cm³/mol.